The summed E-state index contributed by atoms with van der Waals surface area (Å²) >= 11 is 0. The number of fused-ring (bicyclic) bond motifs is 4. The van der Waals surface area contributed by atoms with Crippen molar-refractivity contribution in [2.24, 2.45) is 0 Å². The molecular weight excluding hydrogens is 446 g/mol. The standard InChI is InChI=1S/C28H25NO4S/c1-3-33-28(30)18-27-25-17-21-9-5-4-8-20(21)16-24(25)23-10-6-7-11-26(23)29(27)34(31,32)22-14-12-19(2)13-15-22/h4-17,27H,3,18H2,1-2H3. The van der Waals surface area contributed by atoms with Gasteiger partial charge in [0.25, 0.3) is 10.0 Å². The van der Waals surface area contributed by atoms with Crippen LogP contribution in [0.2, 0.25) is 0 Å². The molecule has 0 saturated carbocycles. The molecule has 0 saturated heterocycles. The number of benzene rings is 4. The first-order valence-electron chi connectivity index (χ1n) is 11.3. The van der Waals surface area contributed by atoms with Crippen LogP contribution in [0.1, 0.15) is 30.5 Å². The Hall–Kier alpha value is -3.64. The minimum Gasteiger partial charge on any atom is -0.466 e. The normalized spacial score (nSPS) is 15.0. The number of rotatable bonds is 5. The molecule has 1 aliphatic heterocycles. The highest BCUT2D eigenvalue weighted by Gasteiger charge is 2.40. The maximum atomic E-state index is 14.1. The van der Waals surface area contributed by atoms with Gasteiger partial charge in [0, 0.05) is 5.56 Å². The van der Waals surface area contributed by atoms with Crippen molar-refractivity contribution in [1.29, 1.82) is 0 Å². The molecule has 0 bridgehead atoms. The molecule has 1 aliphatic rings. The molecule has 172 valence electrons. The van der Waals surface area contributed by atoms with Crippen molar-refractivity contribution >= 4 is 32.5 Å². The van der Waals surface area contributed by atoms with E-state index in [1.807, 2.05) is 55.5 Å². The summed E-state index contributed by atoms with van der Waals surface area (Å²) in [6.07, 6.45) is -0.0847. The van der Waals surface area contributed by atoms with Crippen LogP contribution in [0.25, 0.3) is 21.9 Å². The third-order valence-electron chi connectivity index (χ3n) is 6.23. The van der Waals surface area contributed by atoms with Gasteiger partial charge in [0.2, 0.25) is 0 Å². The van der Waals surface area contributed by atoms with Crippen LogP contribution < -0.4 is 4.31 Å². The minimum absolute atomic E-state index is 0.0847. The van der Waals surface area contributed by atoms with Gasteiger partial charge in [-0.15, -0.1) is 0 Å². The lowest BCUT2D eigenvalue weighted by molar-refractivity contribution is -0.143. The molecule has 0 fully saturated rings. The van der Waals surface area contributed by atoms with Gasteiger partial charge in [-0.3, -0.25) is 9.10 Å². The van der Waals surface area contributed by atoms with E-state index in [2.05, 4.69) is 6.07 Å². The van der Waals surface area contributed by atoms with Gasteiger partial charge in [-0.25, -0.2) is 8.42 Å². The lowest BCUT2D eigenvalue weighted by Crippen LogP contribution is -2.39. The Morgan fingerprint density at radius 2 is 1.53 bits per heavy atom. The fourth-order valence-electron chi connectivity index (χ4n) is 4.65. The van der Waals surface area contributed by atoms with E-state index in [9.17, 15) is 13.2 Å². The van der Waals surface area contributed by atoms with Gasteiger partial charge in [0.1, 0.15) is 0 Å². The van der Waals surface area contributed by atoms with E-state index in [0.717, 1.165) is 33.0 Å². The molecule has 6 heteroatoms. The van der Waals surface area contributed by atoms with Crippen LogP contribution in [0.4, 0.5) is 5.69 Å². The van der Waals surface area contributed by atoms with Crippen molar-refractivity contribution in [3.63, 3.8) is 0 Å². The highest BCUT2D eigenvalue weighted by molar-refractivity contribution is 7.92. The average molecular weight is 472 g/mol. The molecule has 0 radical (unpaired) electrons. The number of hydrogen-bond donors (Lipinski definition) is 0. The molecule has 4 aromatic rings. The van der Waals surface area contributed by atoms with Crippen LogP contribution in [0.5, 0.6) is 0 Å². The van der Waals surface area contributed by atoms with Crippen LogP contribution in [0.3, 0.4) is 0 Å². The van der Waals surface area contributed by atoms with Gasteiger partial charge < -0.3 is 4.74 Å². The molecule has 0 aliphatic carbocycles. The minimum atomic E-state index is -3.97. The second kappa shape index (κ2) is 8.61. The number of carbonyl (C=O) groups excluding carboxylic acids is 1. The summed E-state index contributed by atoms with van der Waals surface area (Å²) in [5, 5.41) is 2.04. The number of anilines is 1. The van der Waals surface area contributed by atoms with E-state index in [4.69, 9.17) is 4.74 Å². The van der Waals surface area contributed by atoms with E-state index in [-0.39, 0.29) is 17.9 Å². The number of nitrogens with zero attached hydrogens (tertiary/aromatic N) is 1. The first-order chi connectivity index (χ1) is 16.4. The van der Waals surface area contributed by atoms with Crippen molar-refractivity contribution in [3.05, 3.63) is 96.1 Å². The molecule has 1 atom stereocenters. The molecule has 1 heterocycles. The smallest absolute Gasteiger partial charge is 0.308 e. The Labute approximate surface area is 199 Å². The summed E-state index contributed by atoms with van der Waals surface area (Å²) < 4.78 is 34.8. The quantitative estimate of drug-likeness (QED) is 0.334. The third kappa shape index (κ3) is 3.74. The zero-order valence-corrected chi connectivity index (χ0v) is 19.9. The van der Waals surface area contributed by atoms with Crippen molar-refractivity contribution in [2.45, 2.75) is 31.2 Å². The molecule has 0 aromatic heterocycles. The number of esters is 1. The van der Waals surface area contributed by atoms with E-state index in [0.29, 0.717) is 5.69 Å². The van der Waals surface area contributed by atoms with Crippen molar-refractivity contribution in [2.75, 3.05) is 10.9 Å². The van der Waals surface area contributed by atoms with E-state index in [1.165, 1.54) is 4.31 Å². The average Bonchev–Trinajstić information content (AvgIpc) is 2.83. The van der Waals surface area contributed by atoms with E-state index < -0.39 is 22.0 Å². The summed E-state index contributed by atoms with van der Waals surface area (Å²) in [6.45, 7) is 3.89. The summed E-state index contributed by atoms with van der Waals surface area (Å²) in [4.78, 5) is 12.9. The van der Waals surface area contributed by atoms with Crippen LogP contribution in [-0.2, 0) is 19.6 Å². The molecule has 5 nitrogen and oxygen atoms in total. The summed E-state index contributed by atoms with van der Waals surface area (Å²) in [7, 11) is -3.97. The highest BCUT2D eigenvalue weighted by Crippen LogP contribution is 2.49. The van der Waals surface area contributed by atoms with Gasteiger partial charge in [-0.2, -0.15) is 0 Å². The number of ether oxygens (including phenoxy) is 1. The SMILES string of the molecule is CCOC(=O)CC1c2cc3ccccc3cc2-c2ccccc2N1S(=O)(=O)c1ccc(C)cc1. The molecule has 0 N–H and O–H groups in total. The molecule has 0 spiro atoms. The number of aryl methyl sites for hydroxylation is 1. The Bertz CT molecular complexity index is 1490. The first-order valence-corrected chi connectivity index (χ1v) is 12.7. The monoisotopic (exact) mass is 471 g/mol. The molecule has 1 unspecified atom stereocenters. The lowest BCUT2D eigenvalue weighted by atomic mass is 9.86. The molecule has 0 amide bonds. The zero-order chi connectivity index (χ0) is 23.9. The number of para-hydroxylation sites is 1. The van der Waals surface area contributed by atoms with Gasteiger partial charge in [0.15, 0.2) is 0 Å². The maximum absolute atomic E-state index is 14.1. The van der Waals surface area contributed by atoms with Crippen molar-refractivity contribution in [3.8, 4) is 11.1 Å². The molecular formula is C28H25NO4S. The fourth-order valence-corrected chi connectivity index (χ4v) is 6.29. The molecule has 34 heavy (non-hydrogen) atoms. The van der Waals surface area contributed by atoms with Crippen LogP contribution in [0.15, 0.2) is 89.8 Å². The summed E-state index contributed by atoms with van der Waals surface area (Å²) in [5.41, 5.74) is 4.07. The summed E-state index contributed by atoms with van der Waals surface area (Å²) in [6, 6.07) is 25.6. The summed E-state index contributed by atoms with van der Waals surface area (Å²) in [5.74, 6) is -0.435. The predicted octanol–water partition coefficient (Wildman–Crippen LogP) is 6.02. The van der Waals surface area contributed by atoms with Crippen molar-refractivity contribution < 1.29 is 17.9 Å². The topological polar surface area (TPSA) is 63.7 Å². The van der Waals surface area contributed by atoms with E-state index in [1.54, 1.807) is 37.3 Å². The van der Waals surface area contributed by atoms with Crippen LogP contribution in [-0.4, -0.2) is 21.0 Å². The second-order valence-corrected chi connectivity index (χ2v) is 10.3. The second-order valence-electron chi connectivity index (χ2n) is 8.44. The number of sulfonamides is 1. The van der Waals surface area contributed by atoms with E-state index >= 15 is 0 Å². The van der Waals surface area contributed by atoms with Gasteiger partial charge in [-0.05, 0) is 66.1 Å². The Kier molecular flexibility index (Phi) is 5.62. The lowest BCUT2D eigenvalue weighted by Gasteiger charge is -2.39. The Balaban J connectivity index is 1.78. The van der Waals surface area contributed by atoms with Gasteiger partial charge in [0.05, 0.1) is 29.7 Å². The van der Waals surface area contributed by atoms with Crippen LogP contribution >= 0.6 is 0 Å². The highest BCUT2D eigenvalue weighted by atomic mass is 32.2. The van der Waals surface area contributed by atoms with Crippen LogP contribution in [0, 0.1) is 6.92 Å². The van der Waals surface area contributed by atoms with Gasteiger partial charge in [-0.1, -0.05) is 60.2 Å². The molecule has 4 aromatic carbocycles. The van der Waals surface area contributed by atoms with Crippen molar-refractivity contribution in [1.82, 2.24) is 0 Å². The fraction of sp³-hybridized carbons (Fsp3) is 0.179. The third-order valence-corrected chi connectivity index (χ3v) is 8.07. The Morgan fingerprint density at radius 1 is 0.882 bits per heavy atom. The Morgan fingerprint density at radius 3 is 2.24 bits per heavy atom. The molecule has 5 rings (SSSR count). The predicted molar refractivity (Wildman–Crippen MR) is 134 cm³/mol. The van der Waals surface area contributed by atoms with Gasteiger partial charge >= 0.3 is 5.97 Å². The number of carbonyl (C=O) groups is 1. The maximum Gasteiger partial charge on any atom is 0.308 e. The first kappa shape index (κ1) is 22.2. The largest absolute Gasteiger partial charge is 0.466 e. The number of hydrogen-bond acceptors (Lipinski definition) is 4. The zero-order valence-electron chi connectivity index (χ0n) is 19.1.